The molecule has 0 aliphatic carbocycles. The van der Waals surface area contributed by atoms with Crippen LogP contribution >= 0.6 is 11.3 Å². The Morgan fingerprint density at radius 2 is 1.67 bits per heavy atom. The molecule has 4 aromatic rings. The van der Waals surface area contributed by atoms with Gasteiger partial charge in [0.1, 0.15) is 16.4 Å². The normalized spacial score (nSPS) is 10.5. The molecule has 4 aromatic heterocycles. The molecular formula is C27H26N6O5S. The van der Waals surface area contributed by atoms with Crippen molar-refractivity contribution in [2.24, 2.45) is 0 Å². The maximum atomic E-state index is 13.4. The van der Waals surface area contributed by atoms with E-state index in [0.29, 0.717) is 33.9 Å². The fourth-order valence-electron chi connectivity index (χ4n) is 3.72. The summed E-state index contributed by atoms with van der Waals surface area (Å²) in [6.45, 7) is 5.85. The van der Waals surface area contributed by atoms with E-state index in [1.54, 1.807) is 45.4 Å². The minimum Gasteiger partial charge on any atom is -0.462 e. The van der Waals surface area contributed by atoms with E-state index in [4.69, 9.17) is 14.5 Å². The lowest BCUT2D eigenvalue weighted by Gasteiger charge is -2.17. The molecule has 0 radical (unpaired) electrons. The second-order valence-corrected chi connectivity index (χ2v) is 8.79. The molecule has 0 bridgehead atoms. The summed E-state index contributed by atoms with van der Waals surface area (Å²) in [5.74, 6) is -1.21. The number of aromatic nitrogens is 4. The SMILES string of the molecule is CCNC(=O)Nc1ncc(-c2cncc(C(=O)OCC)c2)c(-c2nc(-c3ccncc3)cs2)c1C(=O)OCC. The van der Waals surface area contributed by atoms with E-state index in [1.165, 1.54) is 23.7 Å². The topological polar surface area (TPSA) is 145 Å². The lowest BCUT2D eigenvalue weighted by Crippen LogP contribution is -2.29. The third-order valence-electron chi connectivity index (χ3n) is 5.38. The number of urea groups is 1. The predicted molar refractivity (Wildman–Crippen MR) is 146 cm³/mol. The van der Waals surface area contributed by atoms with Gasteiger partial charge in [0, 0.05) is 65.2 Å². The first-order chi connectivity index (χ1) is 19.0. The van der Waals surface area contributed by atoms with Gasteiger partial charge in [-0.25, -0.2) is 24.4 Å². The lowest BCUT2D eigenvalue weighted by atomic mass is 9.97. The summed E-state index contributed by atoms with van der Waals surface area (Å²) < 4.78 is 10.5. The van der Waals surface area contributed by atoms with Crippen LogP contribution in [0.15, 0.2) is 54.6 Å². The van der Waals surface area contributed by atoms with Gasteiger partial charge in [0.2, 0.25) is 0 Å². The molecule has 2 N–H and O–H groups in total. The Morgan fingerprint density at radius 1 is 0.923 bits per heavy atom. The second-order valence-electron chi connectivity index (χ2n) is 7.93. The summed E-state index contributed by atoms with van der Waals surface area (Å²) in [6, 6.07) is 4.73. The smallest absolute Gasteiger partial charge is 0.342 e. The van der Waals surface area contributed by atoms with Crippen LogP contribution in [0.5, 0.6) is 0 Å². The Kier molecular flexibility index (Phi) is 8.90. The third kappa shape index (κ3) is 6.24. The van der Waals surface area contributed by atoms with E-state index < -0.39 is 18.0 Å². The Balaban J connectivity index is 1.96. The van der Waals surface area contributed by atoms with E-state index in [9.17, 15) is 14.4 Å². The van der Waals surface area contributed by atoms with Crippen LogP contribution in [0.1, 0.15) is 41.5 Å². The molecular weight excluding hydrogens is 520 g/mol. The molecule has 0 fully saturated rings. The number of nitrogens with zero attached hydrogens (tertiary/aromatic N) is 4. The Bertz CT molecular complexity index is 1490. The first-order valence-corrected chi connectivity index (χ1v) is 13.1. The van der Waals surface area contributed by atoms with Crippen molar-refractivity contribution in [3.05, 3.63) is 65.7 Å². The van der Waals surface area contributed by atoms with Crippen LogP contribution in [0.2, 0.25) is 0 Å². The van der Waals surface area contributed by atoms with Gasteiger partial charge in [-0.2, -0.15) is 0 Å². The van der Waals surface area contributed by atoms with Gasteiger partial charge in [-0.15, -0.1) is 11.3 Å². The van der Waals surface area contributed by atoms with Gasteiger partial charge in [0.15, 0.2) is 0 Å². The van der Waals surface area contributed by atoms with Crippen molar-refractivity contribution in [3.63, 3.8) is 0 Å². The number of carbonyl (C=O) groups is 3. The van der Waals surface area contributed by atoms with Crippen molar-refractivity contribution in [3.8, 4) is 33.0 Å². The van der Waals surface area contributed by atoms with Gasteiger partial charge >= 0.3 is 18.0 Å². The summed E-state index contributed by atoms with van der Waals surface area (Å²) in [7, 11) is 0. The van der Waals surface area contributed by atoms with Crippen LogP contribution in [0.4, 0.5) is 10.6 Å². The molecule has 0 saturated carbocycles. The molecule has 39 heavy (non-hydrogen) atoms. The highest BCUT2D eigenvalue weighted by Gasteiger charge is 2.28. The molecule has 11 nitrogen and oxygen atoms in total. The number of rotatable bonds is 9. The van der Waals surface area contributed by atoms with E-state index in [0.717, 1.165) is 5.56 Å². The van der Waals surface area contributed by atoms with Crippen LogP contribution in [0, 0.1) is 0 Å². The van der Waals surface area contributed by atoms with Gasteiger partial charge in [0.25, 0.3) is 0 Å². The van der Waals surface area contributed by atoms with Crippen LogP contribution in [-0.2, 0) is 9.47 Å². The predicted octanol–water partition coefficient (Wildman–Crippen LogP) is 4.82. The lowest BCUT2D eigenvalue weighted by molar-refractivity contribution is 0.0517. The zero-order valence-electron chi connectivity index (χ0n) is 21.6. The molecule has 0 aliphatic rings. The quantitative estimate of drug-likeness (QED) is 0.282. The average molecular weight is 547 g/mol. The van der Waals surface area contributed by atoms with Crippen molar-refractivity contribution in [2.75, 3.05) is 25.1 Å². The molecule has 0 spiro atoms. The number of hydrogen-bond acceptors (Lipinski definition) is 10. The highest BCUT2D eigenvalue weighted by atomic mass is 32.1. The highest BCUT2D eigenvalue weighted by Crippen LogP contribution is 2.40. The summed E-state index contributed by atoms with van der Waals surface area (Å²) in [6.07, 6.45) is 7.77. The zero-order chi connectivity index (χ0) is 27.8. The molecule has 0 saturated heterocycles. The van der Waals surface area contributed by atoms with Crippen LogP contribution < -0.4 is 10.6 Å². The van der Waals surface area contributed by atoms with Crippen molar-refractivity contribution >= 4 is 35.1 Å². The number of pyridine rings is 3. The summed E-state index contributed by atoms with van der Waals surface area (Å²) >= 11 is 1.31. The first-order valence-electron chi connectivity index (χ1n) is 12.2. The maximum absolute atomic E-state index is 13.4. The molecule has 4 rings (SSSR count). The van der Waals surface area contributed by atoms with E-state index in [1.807, 2.05) is 17.5 Å². The van der Waals surface area contributed by atoms with Gasteiger partial charge in [-0.05, 0) is 39.0 Å². The third-order valence-corrected chi connectivity index (χ3v) is 6.24. The standard InChI is InChI=1S/C27H26N6O5S/c1-4-30-27(36)33-23-22(26(35)38-6-3)21(24-32-20(15-39-24)16-7-9-28-10-8-16)19(14-31-23)17-11-18(13-29-12-17)25(34)37-5-2/h7-15H,4-6H2,1-3H3,(H2,30,31,33,36). The fourth-order valence-corrected chi connectivity index (χ4v) is 4.61. The molecule has 0 aromatic carbocycles. The molecule has 200 valence electrons. The highest BCUT2D eigenvalue weighted by molar-refractivity contribution is 7.13. The van der Waals surface area contributed by atoms with E-state index in [2.05, 4.69) is 25.6 Å². The second kappa shape index (κ2) is 12.7. The minimum atomic E-state index is -0.691. The molecule has 0 aliphatic heterocycles. The van der Waals surface area contributed by atoms with Crippen molar-refractivity contribution < 1.29 is 23.9 Å². The van der Waals surface area contributed by atoms with Crippen molar-refractivity contribution in [2.45, 2.75) is 20.8 Å². The average Bonchev–Trinajstić information content (AvgIpc) is 3.44. The van der Waals surface area contributed by atoms with Gasteiger partial charge in [-0.3, -0.25) is 15.3 Å². The summed E-state index contributed by atoms with van der Waals surface area (Å²) in [4.78, 5) is 55.7. The van der Waals surface area contributed by atoms with E-state index in [-0.39, 0.29) is 30.2 Å². The Hall–Kier alpha value is -4.71. The molecule has 2 amide bonds. The number of amides is 2. The largest absolute Gasteiger partial charge is 0.462 e. The van der Waals surface area contributed by atoms with Crippen LogP contribution in [0.3, 0.4) is 0 Å². The fraction of sp³-hybridized carbons (Fsp3) is 0.222. The minimum absolute atomic E-state index is 0.00770. The zero-order valence-corrected chi connectivity index (χ0v) is 22.4. The molecule has 0 atom stereocenters. The van der Waals surface area contributed by atoms with Crippen molar-refractivity contribution in [1.29, 1.82) is 0 Å². The molecule has 4 heterocycles. The number of hydrogen-bond donors (Lipinski definition) is 2. The molecule has 12 heteroatoms. The number of carbonyl (C=O) groups excluding carboxylic acids is 3. The van der Waals surface area contributed by atoms with Gasteiger partial charge < -0.3 is 14.8 Å². The van der Waals surface area contributed by atoms with E-state index >= 15 is 0 Å². The van der Waals surface area contributed by atoms with Gasteiger partial charge in [0.05, 0.1) is 24.5 Å². The maximum Gasteiger partial charge on any atom is 0.342 e. The van der Waals surface area contributed by atoms with Crippen LogP contribution in [-0.4, -0.2) is 57.7 Å². The number of nitrogens with one attached hydrogen (secondary N) is 2. The first kappa shape index (κ1) is 27.3. The number of anilines is 1. The monoisotopic (exact) mass is 546 g/mol. The summed E-state index contributed by atoms with van der Waals surface area (Å²) in [5.41, 5.74) is 3.12. The molecule has 0 unspecified atom stereocenters. The Morgan fingerprint density at radius 3 is 2.38 bits per heavy atom. The number of ether oxygens (including phenoxy) is 2. The van der Waals surface area contributed by atoms with Gasteiger partial charge in [-0.1, -0.05) is 0 Å². The van der Waals surface area contributed by atoms with Crippen molar-refractivity contribution in [1.82, 2.24) is 25.3 Å². The number of esters is 2. The summed E-state index contributed by atoms with van der Waals surface area (Å²) in [5, 5.41) is 7.60. The Labute approximate surface area is 228 Å². The van der Waals surface area contributed by atoms with Crippen LogP contribution in [0.25, 0.3) is 33.0 Å². The number of thiazole rings is 1.